The van der Waals surface area contributed by atoms with Crippen LogP contribution in [0.4, 0.5) is 4.79 Å². The minimum absolute atomic E-state index is 0. The number of methoxy groups -OCH3 is 2. The van der Waals surface area contributed by atoms with E-state index < -0.39 is 29.5 Å². The minimum Gasteiger partial charge on any atom is -0.497 e. The number of benzene rings is 1. The molecule has 3 aliphatic rings. The summed E-state index contributed by atoms with van der Waals surface area (Å²) >= 11 is 0. The Morgan fingerprint density at radius 1 is 1.02 bits per heavy atom. The van der Waals surface area contributed by atoms with Gasteiger partial charge in [0, 0.05) is 28.3 Å². The highest BCUT2D eigenvalue weighted by molar-refractivity contribution is 6.09. The Hall–Kier alpha value is -5.01. The Morgan fingerprint density at radius 3 is 2.02 bits per heavy atom. The number of rotatable bonds is 9. The monoisotopic (exact) mass is 749 g/mol. The molecule has 2 heterocycles. The number of hydrogen-bond acceptors (Lipinski definition) is 10. The zero-order valence-corrected chi connectivity index (χ0v) is 31.8. The summed E-state index contributed by atoms with van der Waals surface area (Å²) in [6.07, 6.45) is 8.16. The van der Waals surface area contributed by atoms with Crippen LogP contribution in [0, 0.1) is 23.2 Å². The van der Waals surface area contributed by atoms with Crippen molar-refractivity contribution >= 4 is 47.2 Å². The predicted octanol–water partition coefficient (Wildman–Crippen LogP) is 5.73. The van der Waals surface area contributed by atoms with Gasteiger partial charge >= 0.3 is 6.09 Å². The zero-order valence-electron chi connectivity index (χ0n) is 31.8. The Bertz CT molecular complexity index is 1510. The van der Waals surface area contributed by atoms with Crippen LogP contribution in [0.1, 0.15) is 85.4 Å². The van der Waals surface area contributed by atoms with Gasteiger partial charge in [-0.1, -0.05) is 54.0 Å². The second-order valence-corrected chi connectivity index (χ2v) is 14.0. The number of alkyl carbamates (subject to hydrolysis) is 1. The fraction of sp³-hybridized carbons (Fsp3) is 0.564. The number of nitrogens with zero attached hydrogens (tertiary/aromatic N) is 2. The first-order valence-corrected chi connectivity index (χ1v) is 17.3. The molecular weight excluding hydrogens is 682 g/mol. The van der Waals surface area contributed by atoms with Crippen LogP contribution in [0.15, 0.2) is 43.1 Å². The van der Waals surface area contributed by atoms with Crippen LogP contribution in [-0.2, 0) is 28.7 Å². The highest BCUT2D eigenvalue weighted by Crippen LogP contribution is 2.38. The molecule has 0 bridgehead atoms. The van der Waals surface area contributed by atoms with E-state index in [-0.39, 0.29) is 48.1 Å². The summed E-state index contributed by atoms with van der Waals surface area (Å²) in [6, 6.07) is 6.35. The third-order valence-corrected chi connectivity index (χ3v) is 8.14. The molecule has 2 aromatic rings. The van der Waals surface area contributed by atoms with Gasteiger partial charge in [0.05, 0.1) is 20.3 Å². The standard InChI is InChI=1S/C15H27N3O4.C11H11NO2.C6H9NO.C4H8.C2H2O2.CH4.3H2/c1-9(2)22-14(21)17-11(15(3,4)5)13(20)18-8-6-7-10(18)12(16)19;1-13-9-3-4-10-8(7-9)5-6-12-11(10)14-2;1-2-4-3-5(4)6(7)8;1-4-2-3-4;3-1-2-4;;;;/h9-11H,6-8H2,1-5H3,(H2,16,19)(H,17,21);3-7H,1-2H3;2,4-5H,1,3H2,(H2,7,8);4H,2-3H2,1H3;1-2H;1H4;3*1H/t10-,11+;;4-,5+;;;;;;/m0.1....../s1. The maximum atomic E-state index is 12.8. The Kier molecular flexibility index (Phi) is 21.3. The zero-order chi connectivity index (χ0) is 39.6. The molecule has 1 aromatic carbocycles. The van der Waals surface area contributed by atoms with Crippen molar-refractivity contribution in [2.24, 2.45) is 34.6 Å². The number of aldehydes is 2. The van der Waals surface area contributed by atoms with Crippen molar-refractivity contribution in [1.82, 2.24) is 15.2 Å². The summed E-state index contributed by atoms with van der Waals surface area (Å²) in [6.45, 7) is 15.3. The van der Waals surface area contributed by atoms with Crippen molar-refractivity contribution in [2.45, 2.75) is 99.3 Å². The molecule has 53 heavy (non-hydrogen) atoms. The number of likely N-dealkylation sites (tertiary alicyclic amines) is 1. The summed E-state index contributed by atoms with van der Waals surface area (Å²) < 4.78 is 15.3. The number of allylic oxidation sites excluding steroid dienone is 1. The van der Waals surface area contributed by atoms with Crippen molar-refractivity contribution in [2.75, 3.05) is 20.8 Å². The number of aromatic nitrogens is 1. The number of fused-ring (bicyclic) bond motifs is 1. The van der Waals surface area contributed by atoms with Crippen molar-refractivity contribution < 1.29 is 47.3 Å². The molecule has 5 rings (SSSR count). The molecule has 1 aromatic heterocycles. The van der Waals surface area contributed by atoms with E-state index >= 15 is 0 Å². The number of primary amides is 2. The average Bonchev–Trinajstić information content (AvgIpc) is 4.02. The first-order chi connectivity index (χ1) is 24.4. The van der Waals surface area contributed by atoms with Gasteiger partial charge in [-0.05, 0) is 80.0 Å². The molecule has 0 unspecified atom stereocenters. The molecule has 1 aliphatic heterocycles. The predicted molar refractivity (Wildman–Crippen MR) is 211 cm³/mol. The lowest BCUT2D eigenvalue weighted by Crippen LogP contribution is -2.57. The van der Waals surface area contributed by atoms with Gasteiger partial charge in [-0.2, -0.15) is 0 Å². The summed E-state index contributed by atoms with van der Waals surface area (Å²) in [4.78, 5) is 69.6. The summed E-state index contributed by atoms with van der Waals surface area (Å²) in [5.41, 5.74) is 9.82. The van der Waals surface area contributed by atoms with E-state index in [2.05, 4.69) is 23.8 Å². The van der Waals surface area contributed by atoms with Crippen molar-refractivity contribution in [1.29, 1.82) is 0 Å². The molecule has 2 saturated carbocycles. The molecule has 0 spiro atoms. The van der Waals surface area contributed by atoms with Gasteiger partial charge < -0.3 is 35.9 Å². The highest BCUT2D eigenvalue weighted by atomic mass is 16.6. The molecule has 4 amide bonds. The number of pyridine rings is 1. The van der Waals surface area contributed by atoms with Gasteiger partial charge in [-0.15, -0.1) is 6.58 Å². The number of ether oxygens (including phenoxy) is 3. The quantitative estimate of drug-likeness (QED) is 0.161. The molecule has 5 N–H and O–H groups in total. The topological polar surface area (TPSA) is 210 Å². The van der Waals surface area contributed by atoms with Crippen LogP contribution in [0.2, 0.25) is 0 Å². The van der Waals surface area contributed by atoms with Crippen LogP contribution in [0.25, 0.3) is 10.8 Å². The number of carbonyl (C=O) groups is 6. The molecule has 3 fully saturated rings. The van der Waals surface area contributed by atoms with Crippen molar-refractivity contribution in [3.8, 4) is 11.6 Å². The number of carbonyl (C=O) groups excluding carboxylic acids is 6. The van der Waals surface area contributed by atoms with Crippen molar-refractivity contribution in [3.05, 3.63) is 43.1 Å². The molecule has 14 heteroatoms. The Balaban J connectivity index is -0.000000339. The van der Waals surface area contributed by atoms with Crippen LogP contribution >= 0.6 is 0 Å². The first-order valence-electron chi connectivity index (χ1n) is 17.3. The molecule has 0 radical (unpaired) electrons. The van der Waals surface area contributed by atoms with Crippen LogP contribution in [0.3, 0.4) is 0 Å². The summed E-state index contributed by atoms with van der Waals surface area (Å²) in [5, 5.41) is 4.68. The van der Waals surface area contributed by atoms with Gasteiger partial charge in [-0.25, -0.2) is 9.78 Å². The largest absolute Gasteiger partial charge is 0.497 e. The van der Waals surface area contributed by atoms with E-state index in [1.807, 2.05) is 45.0 Å². The number of amides is 4. The van der Waals surface area contributed by atoms with Gasteiger partial charge in [0.15, 0.2) is 12.6 Å². The smallest absolute Gasteiger partial charge is 0.408 e. The summed E-state index contributed by atoms with van der Waals surface area (Å²) in [5.74, 6) is 2.06. The number of nitrogens with one attached hydrogen (secondary N) is 1. The molecule has 1 saturated heterocycles. The first kappa shape index (κ1) is 48.0. The third-order valence-electron chi connectivity index (χ3n) is 8.14. The van der Waals surface area contributed by atoms with Crippen LogP contribution in [-0.4, -0.2) is 85.2 Å². The van der Waals surface area contributed by atoms with E-state index in [0.717, 1.165) is 35.3 Å². The fourth-order valence-corrected chi connectivity index (χ4v) is 4.89. The van der Waals surface area contributed by atoms with Gasteiger partial charge in [0.2, 0.25) is 23.6 Å². The van der Waals surface area contributed by atoms with E-state index in [1.54, 1.807) is 40.3 Å². The SMILES string of the molecule is C.C=C[C@@H]1C[C@@H]1C(N)=O.CC(C)OC(=O)N[C@H](C(=O)N1CCC[C@H]1C(N)=O)C(C)(C)C.CC1CC1.COc1ccc2c(OC)nccc2c1.O=CC=O.[HH].[HH].[HH]. The normalized spacial score (nSPS) is 18.4. The average molecular weight is 750 g/mol. The lowest BCUT2D eigenvalue weighted by molar-refractivity contribution is -0.141. The van der Waals surface area contributed by atoms with E-state index in [0.29, 0.717) is 24.8 Å². The fourth-order valence-electron chi connectivity index (χ4n) is 4.89. The third kappa shape index (κ3) is 17.4. The van der Waals surface area contributed by atoms with Crippen molar-refractivity contribution in [3.63, 3.8) is 0 Å². The lowest BCUT2D eigenvalue weighted by Gasteiger charge is -2.34. The Labute approximate surface area is 318 Å². The van der Waals surface area contributed by atoms with E-state index in [9.17, 15) is 19.2 Å². The second-order valence-electron chi connectivity index (χ2n) is 14.0. The maximum absolute atomic E-state index is 12.8. The van der Waals surface area contributed by atoms with E-state index in [4.69, 9.17) is 35.3 Å². The van der Waals surface area contributed by atoms with Crippen LogP contribution < -0.4 is 26.3 Å². The minimum atomic E-state index is -0.779. The summed E-state index contributed by atoms with van der Waals surface area (Å²) in [7, 11) is 3.27. The second kappa shape index (κ2) is 23.5. The van der Waals surface area contributed by atoms with Gasteiger partial charge in [-0.3, -0.25) is 24.0 Å². The number of hydrogen-bond donors (Lipinski definition) is 3. The molecule has 14 nitrogen and oxygen atoms in total. The molecule has 2 aliphatic carbocycles. The lowest BCUT2D eigenvalue weighted by atomic mass is 9.85. The van der Waals surface area contributed by atoms with Gasteiger partial charge in [0.25, 0.3) is 0 Å². The maximum Gasteiger partial charge on any atom is 0.408 e. The molecule has 302 valence electrons. The Morgan fingerprint density at radius 2 is 1.62 bits per heavy atom. The van der Waals surface area contributed by atoms with E-state index in [1.165, 1.54) is 17.7 Å². The molecular formula is C39H67N5O9. The highest BCUT2D eigenvalue weighted by Gasteiger charge is 2.41. The number of nitrogens with two attached hydrogens (primary N) is 2. The van der Waals surface area contributed by atoms with Gasteiger partial charge in [0.1, 0.15) is 17.8 Å². The van der Waals surface area contributed by atoms with Crippen LogP contribution in [0.5, 0.6) is 11.6 Å². The molecule has 4 atom stereocenters.